The molecule has 0 bridgehead atoms. The van der Waals surface area contributed by atoms with Gasteiger partial charge in [0, 0.05) is 0 Å². The van der Waals surface area contributed by atoms with E-state index in [4.69, 9.17) is 0 Å². The van der Waals surface area contributed by atoms with E-state index in [0.29, 0.717) is 0 Å². The lowest BCUT2D eigenvalue weighted by Gasteiger charge is -2.41. The number of aryl methyl sites for hydroxylation is 2. The van der Waals surface area contributed by atoms with Crippen molar-refractivity contribution in [1.82, 2.24) is 0 Å². The Balaban J connectivity index is 1.65. The molecule has 2 aliphatic rings. The van der Waals surface area contributed by atoms with Crippen molar-refractivity contribution >= 4 is 0 Å². The molecule has 162 valence electrons. The van der Waals surface area contributed by atoms with E-state index in [1.165, 1.54) is 66.8 Å². The van der Waals surface area contributed by atoms with Crippen LogP contribution < -0.4 is 0 Å². The highest BCUT2D eigenvalue weighted by molar-refractivity contribution is 5.88. The van der Waals surface area contributed by atoms with E-state index in [1.807, 2.05) is 0 Å². The quantitative estimate of drug-likeness (QED) is 0.244. The van der Waals surface area contributed by atoms with E-state index < -0.39 is 0 Å². The second kappa shape index (κ2) is 7.05. The van der Waals surface area contributed by atoms with Crippen LogP contribution >= 0.6 is 0 Å². The molecule has 0 aromatic heterocycles. The van der Waals surface area contributed by atoms with Crippen molar-refractivity contribution < 1.29 is 0 Å². The molecule has 0 unspecified atom stereocenters. The Labute approximate surface area is 201 Å². The zero-order valence-electron chi connectivity index (χ0n) is 19.6. The minimum Gasteiger partial charge on any atom is -0.0620 e. The third-order valence-electron chi connectivity index (χ3n) is 8.04. The first-order chi connectivity index (χ1) is 16.7. The van der Waals surface area contributed by atoms with Gasteiger partial charge in [-0.3, -0.25) is 0 Å². The largest absolute Gasteiger partial charge is 0.0719 e. The van der Waals surface area contributed by atoms with Crippen molar-refractivity contribution in [2.75, 3.05) is 0 Å². The Morgan fingerprint density at radius 2 is 1.00 bits per heavy atom. The third-order valence-corrected chi connectivity index (χ3v) is 8.04. The zero-order valence-corrected chi connectivity index (χ0v) is 19.6. The van der Waals surface area contributed by atoms with Crippen LogP contribution in [0.15, 0.2) is 109 Å². The van der Waals surface area contributed by atoms with Crippen LogP contribution in [0.5, 0.6) is 0 Å². The van der Waals surface area contributed by atoms with Crippen molar-refractivity contribution in [1.29, 1.82) is 0 Å². The lowest BCUT2D eigenvalue weighted by molar-refractivity contribution is 0.722. The molecular formula is C34H26. The zero-order chi connectivity index (χ0) is 22.9. The van der Waals surface area contributed by atoms with E-state index in [0.717, 1.165) is 6.42 Å². The Kier molecular flexibility index (Phi) is 4.05. The standard InChI is InChI=1S/C34H26/c1-22-11-3-5-13-26(22)29-21-33-25(19-23(29)2)20-24-12-4-8-16-30(24)34(33)31-17-9-6-14-27(31)28-15-7-10-18-32(28)34/h3-19,21H,20H2,1-2H3. The summed E-state index contributed by atoms with van der Waals surface area (Å²) in [5.74, 6) is 0. The summed E-state index contributed by atoms with van der Waals surface area (Å²) in [6.45, 7) is 4.49. The number of rotatable bonds is 1. The van der Waals surface area contributed by atoms with E-state index in [1.54, 1.807) is 0 Å². The predicted octanol–water partition coefficient (Wildman–Crippen LogP) is 8.24. The Morgan fingerprint density at radius 3 is 1.68 bits per heavy atom. The smallest absolute Gasteiger partial charge is 0.0620 e. The second-order valence-corrected chi connectivity index (χ2v) is 9.81. The molecule has 5 aromatic rings. The molecule has 7 rings (SSSR count). The first-order valence-corrected chi connectivity index (χ1v) is 12.2. The Hall–Kier alpha value is -3.90. The van der Waals surface area contributed by atoms with Gasteiger partial charge < -0.3 is 0 Å². The molecule has 0 fully saturated rings. The fourth-order valence-corrected chi connectivity index (χ4v) is 6.63. The van der Waals surface area contributed by atoms with Crippen LogP contribution in [0.25, 0.3) is 22.3 Å². The molecule has 34 heavy (non-hydrogen) atoms. The molecular weight excluding hydrogens is 408 g/mol. The first-order valence-electron chi connectivity index (χ1n) is 12.2. The lowest BCUT2D eigenvalue weighted by Crippen LogP contribution is -2.34. The maximum Gasteiger partial charge on any atom is 0.0719 e. The van der Waals surface area contributed by atoms with Gasteiger partial charge in [0.25, 0.3) is 0 Å². The van der Waals surface area contributed by atoms with Gasteiger partial charge in [-0.15, -0.1) is 0 Å². The van der Waals surface area contributed by atoms with Crippen LogP contribution in [-0.2, 0) is 11.8 Å². The molecule has 2 aliphatic carbocycles. The van der Waals surface area contributed by atoms with Crippen molar-refractivity contribution in [3.05, 3.63) is 154 Å². The molecule has 0 heteroatoms. The van der Waals surface area contributed by atoms with E-state index >= 15 is 0 Å². The number of hydrogen-bond acceptors (Lipinski definition) is 0. The Morgan fingerprint density at radius 1 is 0.441 bits per heavy atom. The van der Waals surface area contributed by atoms with Gasteiger partial charge in [-0.1, -0.05) is 103 Å². The maximum absolute atomic E-state index is 2.52. The average Bonchev–Trinajstić information content (AvgIpc) is 3.16. The number of benzene rings is 5. The van der Waals surface area contributed by atoms with Crippen LogP contribution in [0, 0.1) is 13.8 Å². The van der Waals surface area contributed by atoms with Gasteiger partial charge in [0.2, 0.25) is 0 Å². The topological polar surface area (TPSA) is 0 Å². The monoisotopic (exact) mass is 434 g/mol. The van der Waals surface area contributed by atoms with Crippen LogP contribution in [0.4, 0.5) is 0 Å². The summed E-state index contributed by atoms with van der Waals surface area (Å²) >= 11 is 0. The first kappa shape index (κ1) is 19.6. The average molecular weight is 435 g/mol. The fourth-order valence-electron chi connectivity index (χ4n) is 6.63. The molecule has 0 saturated carbocycles. The summed E-state index contributed by atoms with van der Waals surface area (Å²) in [7, 11) is 0. The van der Waals surface area contributed by atoms with Gasteiger partial charge in [0.05, 0.1) is 5.41 Å². The summed E-state index contributed by atoms with van der Waals surface area (Å²) in [4.78, 5) is 0. The summed E-state index contributed by atoms with van der Waals surface area (Å²) in [6, 6.07) is 40.9. The molecule has 0 heterocycles. The highest BCUT2D eigenvalue weighted by Crippen LogP contribution is 2.59. The van der Waals surface area contributed by atoms with E-state index in [9.17, 15) is 0 Å². The van der Waals surface area contributed by atoms with Crippen molar-refractivity contribution in [2.45, 2.75) is 25.7 Å². The lowest BCUT2D eigenvalue weighted by atomic mass is 9.61. The molecule has 0 aliphatic heterocycles. The van der Waals surface area contributed by atoms with Crippen LogP contribution in [0.2, 0.25) is 0 Å². The van der Waals surface area contributed by atoms with E-state index in [-0.39, 0.29) is 5.41 Å². The van der Waals surface area contributed by atoms with Gasteiger partial charge in [-0.25, -0.2) is 0 Å². The molecule has 1 spiro atoms. The molecule has 0 atom stereocenters. The van der Waals surface area contributed by atoms with Crippen LogP contribution in [0.3, 0.4) is 0 Å². The highest BCUT2D eigenvalue weighted by Gasteiger charge is 2.49. The predicted molar refractivity (Wildman–Crippen MR) is 141 cm³/mol. The van der Waals surface area contributed by atoms with Gasteiger partial charge in [0.1, 0.15) is 0 Å². The molecule has 0 saturated heterocycles. The fraction of sp³-hybridized carbons (Fsp3) is 0.118. The third kappa shape index (κ3) is 2.43. The number of fused-ring (bicyclic) bond motifs is 9. The van der Waals surface area contributed by atoms with Crippen molar-refractivity contribution in [2.24, 2.45) is 0 Å². The minimum absolute atomic E-state index is 0.289. The summed E-state index contributed by atoms with van der Waals surface area (Å²) in [5, 5.41) is 0. The summed E-state index contributed by atoms with van der Waals surface area (Å²) in [5.41, 5.74) is 16.3. The molecule has 0 nitrogen and oxygen atoms in total. The normalized spacial score (nSPS) is 14.3. The Bertz CT molecular complexity index is 1560. The van der Waals surface area contributed by atoms with Crippen molar-refractivity contribution in [3.63, 3.8) is 0 Å². The van der Waals surface area contributed by atoms with Gasteiger partial charge in [-0.05, 0) is 93.1 Å². The summed E-state index contributed by atoms with van der Waals surface area (Å²) < 4.78 is 0. The number of hydrogen-bond donors (Lipinski definition) is 0. The van der Waals surface area contributed by atoms with E-state index in [2.05, 4.69) is 123 Å². The van der Waals surface area contributed by atoms with Crippen LogP contribution in [-0.4, -0.2) is 0 Å². The van der Waals surface area contributed by atoms with Crippen LogP contribution in [0.1, 0.15) is 44.5 Å². The van der Waals surface area contributed by atoms with Gasteiger partial charge in [-0.2, -0.15) is 0 Å². The summed E-state index contributed by atoms with van der Waals surface area (Å²) in [6.07, 6.45) is 0.979. The highest BCUT2D eigenvalue weighted by atomic mass is 14.5. The SMILES string of the molecule is Cc1ccccc1-c1cc2c(cc1C)Cc1ccccc1C21c2ccccc2-c2ccccc21. The second-order valence-electron chi connectivity index (χ2n) is 9.81. The van der Waals surface area contributed by atoms with Crippen molar-refractivity contribution in [3.8, 4) is 22.3 Å². The maximum atomic E-state index is 2.52. The molecule has 0 radical (unpaired) electrons. The molecule has 0 N–H and O–H groups in total. The van der Waals surface area contributed by atoms with Gasteiger partial charge >= 0.3 is 0 Å². The molecule has 0 amide bonds. The van der Waals surface area contributed by atoms with Gasteiger partial charge in [0.15, 0.2) is 0 Å². The molecule has 5 aromatic carbocycles. The minimum atomic E-state index is -0.289.